The fourth-order valence-corrected chi connectivity index (χ4v) is 2.78. The number of carbonyl (C=O) groups is 2. The molecule has 0 radical (unpaired) electrons. The third-order valence-electron chi connectivity index (χ3n) is 3.53. The first-order valence-corrected chi connectivity index (χ1v) is 7.55. The number of carbonyl (C=O) groups excluding carboxylic acids is 2. The Morgan fingerprint density at radius 1 is 1.29 bits per heavy atom. The van der Waals surface area contributed by atoms with Gasteiger partial charge in [0.1, 0.15) is 0 Å². The molecule has 2 N–H and O–H groups in total. The number of halogens is 2. The molecule has 0 bridgehead atoms. The van der Waals surface area contributed by atoms with E-state index < -0.39 is 0 Å². The van der Waals surface area contributed by atoms with Crippen molar-refractivity contribution in [2.45, 2.75) is 6.92 Å². The third kappa shape index (κ3) is 4.59. The van der Waals surface area contributed by atoms with Gasteiger partial charge >= 0.3 is 0 Å². The molecule has 0 aromatic heterocycles. The van der Waals surface area contributed by atoms with Gasteiger partial charge in [0.2, 0.25) is 5.91 Å². The van der Waals surface area contributed by atoms with E-state index in [9.17, 15) is 9.59 Å². The average Bonchev–Trinajstić information content (AvgIpc) is 2.42. The maximum Gasteiger partial charge on any atom is 0.279 e. The van der Waals surface area contributed by atoms with Crippen LogP contribution in [0.1, 0.15) is 6.92 Å². The molecule has 1 aliphatic rings. The SMILES string of the molecule is CC(=O)N1CC[NH+](CC(=O)Nc2ccc(Cl)cc2Cl)CC1. The second-order valence-corrected chi connectivity index (χ2v) is 5.95. The summed E-state index contributed by atoms with van der Waals surface area (Å²) < 4.78 is 0. The highest BCUT2D eigenvalue weighted by Gasteiger charge is 2.23. The van der Waals surface area contributed by atoms with Crippen molar-refractivity contribution in [1.29, 1.82) is 0 Å². The van der Waals surface area contributed by atoms with Crippen molar-refractivity contribution in [3.05, 3.63) is 28.2 Å². The van der Waals surface area contributed by atoms with Gasteiger partial charge in [-0.25, -0.2) is 0 Å². The van der Waals surface area contributed by atoms with E-state index in [2.05, 4.69) is 5.32 Å². The maximum atomic E-state index is 12.0. The van der Waals surface area contributed by atoms with E-state index in [1.807, 2.05) is 0 Å². The highest BCUT2D eigenvalue weighted by atomic mass is 35.5. The second kappa shape index (κ2) is 7.11. The predicted octanol–water partition coefficient (Wildman–Crippen LogP) is 0.679. The fourth-order valence-electron chi connectivity index (χ4n) is 2.33. The van der Waals surface area contributed by atoms with Crippen LogP contribution < -0.4 is 10.2 Å². The molecule has 2 rings (SSSR count). The second-order valence-electron chi connectivity index (χ2n) is 5.11. The molecule has 1 fully saturated rings. The average molecular weight is 331 g/mol. The predicted molar refractivity (Wildman–Crippen MR) is 82.9 cm³/mol. The first kappa shape index (κ1) is 16.1. The molecule has 2 amide bonds. The molecule has 1 aromatic rings. The topological polar surface area (TPSA) is 53.9 Å². The van der Waals surface area contributed by atoms with Crippen molar-refractivity contribution in [2.75, 3.05) is 38.0 Å². The van der Waals surface area contributed by atoms with Crippen LogP contribution in [0.5, 0.6) is 0 Å². The lowest BCUT2D eigenvalue weighted by molar-refractivity contribution is -0.895. The third-order valence-corrected chi connectivity index (χ3v) is 4.08. The van der Waals surface area contributed by atoms with Gasteiger partial charge in [0.25, 0.3) is 5.91 Å². The van der Waals surface area contributed by atoms with Gasteiger partial charge in [-0.15, -0.1) is 0 Å². The molecular formula is C14H18Cl2N3O2+. The van der Waals surface area contributed by atoms with Crippen molar-refractivity contribution >= 4 is 40.7 Å². The van der Waals surface area contributed by atoms with Crippen molar-refractivity contribution in [3.63, 3.8) is 0 Å². The smallest absolute Gasteiger partial charge is 0.279 e. The number of benzene rings is 1. The molecule has 0 aliphatic carbocycles. The Kier molecular flexibility index (Phi) is 5.45. The van der Waals surface area contributed by atoms with E-state index in [0.717, 1.165) is 18.0 Å². The highest BCUT2D eigenvalue weighted by molar-refractivity contribution is 6.36. The first-order chi connectivity index (χ1) is 9.95. The minimum atomic E-state index is -0.0921. The van der Waals surface area contributed by atoms with Crippen molar-refractivity contribution in [3.8, 4) is 0 Å². The Balaban J connectivity index is 1.84. The van der Waals surface area contributed by atoms with Gasteiger partial charge in [0.15, 0.2) is 6.54 Å². The highest BCUT2D eigenvalue weighted by Crippen LogP contribution is 2.25. The lowest BCUT2D eigenvalue weighted by Crippen LogP contribution is -3.15. The molecule has 1 saturated heterocycles. The zero-order valence-corrected chi connectivity index (χ0v) is 13.3. The van der Waals surface area contributed by atoms with Crippen molar-refractivity contribution in [2.24, 2.45) is 0 Å². The number of nitrogens with zero attached hydrogens (tertiary/aromatic N) is 1. The van der Waals surface area contributed by atoms with E-state index in [1.165, 1.54) is 0 Å². The molecule has 0 unspecified atom stereocenters. The number of piperazine rings is 1. The molecule has 21 heavy (non-hydrogen) atoms. The van der Waals surface area contributed by atoms with E-state index >= 15 is 0 Å². The van der Waals surface area contributed by atoms with E-state index in [-0.39, 0.29) is 11.8 Å². The number of rotatable bonds is 3. The standard InChI is InChI=1S/C14H17Cl2N3O2/c1-10(20)19-6-4-18(5-7-19)9-14(21)17-13-3-2-11(15)8-12(13)16/h2-3,8H,4-7,9H2,1H3,(H,17,21)/p+1. The zero-order valence-electron chi connectivity index (χ0n) is 11.8. The van der Waals surface area contributed by atoms with Gasteiger partial charge in [0.05, 0.1) is 36.9 Å². The Morgan fingerprint density at radius 3 is 2.52 bits per heavy atom. The van der Waals surface area contributed by atoms with Crippen molar-refractivity contribution in [1.82, 2.24) is 4.90 Å². The number of hydrogen-bond acceptors (Lipinski definition) is 2. The van der Waals surface area contributed by atoms with Gasteiger partial charge in [-0.1, -0.05) is 23.2 Å². The molecule has 1 aromatic carbocycles. The van der Waals surface area contributed by atoms with Crippen LogP contribution in [0.4, 0.5) is 5.69 Å². The summed E-state index contributed by atoms with van der Waals surface area (Å²) in [7, 11) is 0. The van der Waals surface area contributed by atoms with Crippen LogP contribution in [0.3, 0.4) is 0 Å². The van der Waals surface area contributed by atoms with Crippen LogP contribution in [-0.4, -0.2) is 49.4 Å². The lowest BCUT2D eigenvalue weighted by atomic mass is 10.3. The summed E-state index contributed by atoms with van der Waals surface area (Å²) in [6.45, 7) is 4.88. The summed E-state index contributed by atoms with van der Waals surface area (Å²) in [6.07, 6.45) is 0. The van der Waals surface area contributed by atoms with Crippen molar-refractivity contribution < 1.29 is 14.5 Å². The Hall–Kier alpha value is -1.30. The van der Waals surface area contributed by atoms with E-state index in [4.69, 9.17) is 23.2 Å². The summed E-state index contributed by atoms with van der Waals surface area (Å²) in [5.41, 5.74) is 0.563. The number of quaternary nitrogens is 1. The summed E-state index contributed by atoms with van der Waals surface area (Å²) in [6, 6.07) is 4.96. The summed E-state index contributed by atoms with van der Waals surface area (Å²) in [5, 5.41) is 3.74. The molecule has 0 saturated carbocycles. The number of hydrogen-bond donors (Lipinski definition) is 2. The van der Waals surface area contributed by atoms with E-state index in [0.29, 0.717) is 35.4 Å². The van der Waals surface area contributed by atoms with Crippen LogP contribution in [0.15, 0.2) is 18.2 Å². The van der Waals surface area contributed by atoms with Gasteiger partial charge in [-0.2, -0.15) is 0 Å². The molecule has 0 spiro atoms. The van der Waals surface area contributed by atoms with Gasteiger partial charge in [-0.3, -0.25) is 9.59 Å². The van der Waals surface area contributed by atoms with Crippen LogP contribution in [0.2, 0.25) is 10.0 Å². The Morgan fingerprint density at radius 2 is 1.95 bits per heavy atom. The van der Waals surface area contributed by atoms with E-state index in [1.54, 1.807) is 30.0 Å². The molecular weight excluding hydrogens is 313 g/mol. The minimum absolute atomic E-state index is 0.0893. The maximum absolute atomic E-state index is 12.0. The van der Waals surface area contributed by atoms with Gasteiger partial charge in [0, 0.05) is 11.9 Å². The Labute approximate surface area is 133 Å². The molecule has 114 valence electrons. The zero-order chi connectivity index (χ0) is 15.4. The van der Waals surface area contributed by atoms with Crippen LogP contribution in [0.25, 0.3) is 0 Å². The largest absolute Gasteiger partial charge is 0.332 e. The van der Waals surface area contributed by atoms with Gasteiger partial charge < -0.3 is 15.1 Å². The number of nitrogens with one attached hydrogen (secondary N) is 2. The molecule has 0 atom stereocenters. The minimum Gasteiger partial charge on any atom is -0.332 e. The quantitative estimate of drug-likeness (QED) is 0.856. The molecule has 1 heterocycles. The fraction of sp³-hybridized carbons (Fsp3) is 0.429. The molecule has 5 nitrogen and oxygen atoms in total. The molecule has 7 heteroatoms. The summed E-state index contributed by atoms with van der Waals surface area (Å²) in [5.74, 6) is -0.00283. The number of amides is 2. The number of anilines is 1. The van der Waals surface area contributed by atoms with Crippen LogP contribution in [-0.2, 0) is 9.59 Å². The van der Waals surface area contributed by atoms with Crippen LogP contribution >= 0.6 is 23.2 Å². The molecule has 1 aliphatic heterocycles. The lowest BCUT2D eigenvalue weighted by Gasteiger charge is -2.31. The van der Waals surface area contributed by atoms with Gasteiger partial charge in [-0.05, 0) is 18.2 Å². The summed E-state index contributed by atoms with van der Waals surface area (Å²) in [4.78, 5) is 26.2. The summed E-state index contributed by atoms with van der Waals surface area (Å²) >= 11 is 11.8. The first-order valence-electron chi connectivity index (χ1n) is 6.79. The van der Waals surface area contributed by atoms with Crippen LogP contribution in [0, 0.1) is 0 Å². The monoisotopic (exact) mass is 330 g/mol. The normalized spacial score (nSPS) is 15.9. The Bertz CT molecular complexity index is 543.